The third-order valence-corrected chi connectivity index (χ3v) is 2.74. The van der Waals surface area contributed by atoms with Gasteiger partial charge in [-0.05, 0) is 18.2 Å². The first kappa shape index (κ1) is 11.8. The van der Waals surface area contributed by atoms with E-state index in [1.807, 2.05) is 0 Å². The lowest BCUT2D eigenvalue weighted by atomic mass is 9.89. The van der Waals surface area contributed by atoms with Gasteiger partial charge in [-0.2, -0.15) is 0 Å². The van der Waals surface area contributed by atoms with Crippen molar-refractivity contribution in [2.45, 2.75) is 18.5 Å². The van der Waals surface area contributed by atoms with Crippen molar-refractivity contribution in [2.24, 2.45) is 0 Å². The van der Waals surface area contributed by atoms with E-state index in [1.54, 1.807) is 0 Å². The molecule has 1 aromatic carbocycles. The lowest BCUT2D eigenvalue weighted by Gasteiger charge is -2.31. The van der Waals surface area contributed by atoms with E-state index in [9.17, 15) is 18.0 Å². The number of carboxylic acids is 1. The highest BCUT2D eigenvalue weighted by Crippen LogP contribution is 2.44. The lowest BCUT2D eigenvalue weighted by molar-refractivity contribution is -0.0618. The zero-order chi connectivity index (χ0) is 12.6. The van der Waals surface area contributed by atoms with Crippen LogP contribution < -0.4 is 4.74 Å². The molecule has 92 valence electrons. The molecule has 0 aromatic heterocycles. The van der Waals surface area contributed by atoms with Gasteiger partial charge in [-0.3, -0.25) is 0 Å². The number of ether oxygens (including phenoxy) is 1. The van der Waals surface area contributed by atoms with Crippen LogP contribution in [0.25, 0.3) is 0 Å². The Bertz CT molecular complexity index is 461. The fraction of sp³-hybridized carbons (Fsp3) is 0.364. The zero-order valence-electron chi connectivity index (χ0n) is 8.62. The number of carboxylic acid groups (broad SMARTS) is 1. The van der Waals surface area contributed by atoms with Crippen LogP contribution in [0.3, 0.4) is 0 Å². The maximum atomic E-state index is 14.1. The normalized spacial score (nSPS) is 23.1. The van der Waals surface area contributed by atoms with Gasteiger partial charge in [0.1, 0.15) is 5.75 Å². The predicted octanol–water partition coefficient (Wildman–Crippen LogP) is 2.60. The van der Waals surface area contributed by atoms with Crippen molar-refractivity contribution in [3.8, 4) is 5.75 Å². The number of carbonyl (C=O) groups is 1. The second kappa shape index (κ2) is 3.94. The molecule has 17 heavy (non-hydrogen) atoms. The van der Waals surface area contributed by atoms with Crippen molar-refractivity contribution in [1.82, 2.24) is 0 Å². The number of hydrogen-bond acceptors (Lipinski definition) is 2. The standard InChI is InChI=1S/C11H9F3O3/c12-10(13)11(14)3-4-17-8-2-1-6(9(15)16)5-7(8)11/h1-2,5,10H,3-4H2,(H,15,16). The Morgan fingerprint density at radius 2 is 2.18 bits per heavy atom. The Morgan fingerprint density at radius 1 is 1.47 bits per heavy atom. The average Bonchev–Trinajstić information content (AvgIpc) is 2.28. The fourth-order valence-electron chi connectivity index (χ4n) is 1.78. The van der Waals surface area contributed by atoms with Gasteiger partial charge in [-0.15, -0.1) is 0 Å². The highest BCUT2D eigenvalue weighted by molar-refractivity contribution is 5.88. The summed E-state index contributed by atoms with van der Waals surface area (Å²) in [5.74, 6) is -1.32. The minimum atomic E-state index is -3.21. The number of rotatable bonds is 2. The quantitative estimate of drug-likeness (QED) is 0.872. The maximum absolute atomic E-state index is 14.1. The summed E-state index contributed by atoms with van der Waals surface area (Å²) in [7, 11) is 0. The van der Waals surface area contributed by atoms with Gasteiger partial charge in [0.25, 0.3) is 6.43 Å². The maximum Gasteiger partial charge on any atom is 0.335 e. The molecule has 3 nitrogen and oxygen atoms in total. The average molecular weight is 246 g/mol. The largest absolute Gasteiger partial charge is 0.493 e. The van der Waals surface area contributed by atoms with Crippen molar-refractivity contribution in [2.75, 3.05) is 6.61 Å². The SMILES string of the molecule is O=C(O)c1ccc2c(c1)C(F)(C(F)F)CCO2. The molecule has 1 heterocycles. The minimum absolute atomic E-state index is 0.0240. The summed E-state index contributed by atoms with van der Waals surface area (Å²) in [6.45, 7) is -0.153. The van der Waals surface area contributed by atoms with Crippen LogP contribution in [0.1, 0.15) is 22.3 Å². The van der Waals surface area contributed by atoms with Crippen molar-refractivity contribution >= 4 is 5.97 Å². The summed E-state index contributed by atoms with van der Waals surface area (Å²) in [5, 5.41) is 8.74. The molecule has 0 saturated heterocycles. The molecule has 1 aliphatic heterocycles. The minimum Gasteiger partial charge on any atom is -0.493 e. The summed E-state index contributed by atoms with van der Waals surface area (Å²) in [4.78, 5) is 10.7. The van der Waals surface area contributed by atoms with Gasteiger partial charge in [0, 0.05) is 12.0 Å². The Labute approximate surface area is 94.8 Å². The van der Waals surface area contributed by atoms with Crippen molar-refractivity contribution in [3.63, 3.8) is 0 Å². The summed E-state index contributed by atoms with van der Waals surface area (Å²) in [5.41, 5.74) is -3.46. The van der Waals surface area contributed by atoms with E-state index in [0.29, 0.717) is 0 Å². The van der Waals surface area contributed by atoms with Crippen molar-refractivity contribution in [3.05, 3.63) is 29.3 Å². The molecule has 1 aliphatic rings. The molecule has 1 N–H and O–H groups in total. The molecular formula is C11H9F3O3. The van der Waals surface area contributed by atoms with Crippen LogP contribution >= 0.6 is 0 Å². The third kappa shape index (κ3) is 1.83. The van der Waals surface area contributed by atoms with Gasteiger partial charge in [0.15, 0.2) is 0 Å². The molecule has 0 spiro atoms. The molecule has 1 atom stereocenters. The van der Waals surface area contributed by atoms with Gasteiger partial charge in [-0.1, -0.05) is 0 Å². The first-order chi connectivity index (χ1) is 7.95. The highest BCUT2D eigenvalue weighted by Gasteiger charge is 2.46. The van der Waals surface area contributed by atoms with Gasteiger partial charge in [-0.25, -0.2) is 18.0 Å². The molecule has 2 rings (SSSR count). The second-order valence-electron chi connectivity index (χ2n) is 3.78. The number of fused-ring (bicyclic) bond motifs is 1. The molecule has 0 radical (unpaired) electrons. The Balaban J connectivity index is 2.55. The second-order valence-corrected chi connectivity index (χ2v) is 3.78. The number of aromatic carboxylic acids is 1. The number of hydrogen-bond donors (Lipinski definition) is 1. The predicted molar refractivity (Wildman–Crippen MR) is 52.3 cm³/mol. The van der Waals surface area contributed by atoms with Crippen LogP contribution in [0.4, 0.5) is 13.2 Å². The highest BCUT2D eigenvalue weighted by atomic mass is 19.3. The number of halogens is 3. The molecule has 1 unspecified atom stereocenters. The zero-order valence-corrected chi connectivity index (χ0v) is 8.62. The molecule has 0 amide bonds. The first-order valence-electron chi connectivity index (χ1n) is 4.93. The summed E-state index contributed by atoms with van der Waals surface area (Å²) >= 11 is 0. The fourth-order valence-corrected chi connectivity index (χ4v) is 1.78. The molecule has 0 aliphatic carbocycles. The topological polar surface area (TPSA) is 46.5 Å². The van der Waals surface area contributed by atoms with E-state index in [1.165, 1.54) is 12.1 Å². The van der Waals surface area contributed by atoms with E-state index in [-0.39, 0.29) is 17.9 Å². The smallest absolute Gasteiger partial charge is 0.335 e. The van der Waals surface area contributed by atoms with Crippen molar-refractivity contribution in [1.29, 1.82) is 0 Å². The van der Waals surface area contributed by atoms with Crippen LogP contribution in [0.15, 0.2) is 18.2 Å². The van der Waals surface area contributed by atoms with E-state index in [2.05, 4.69) is 0 Å². The van der Waals surface area contributed by atoms with Crippen molar-refractivity contribution < 1.29 is 27.8 Å². The van der Waals surface area contributed by atoms with E-state index >= 15 is 0 Å². The Morgan fingerprint density at radius 3 is 2.76 bits per heavy atom. The van der Waals surface area contributed by atoms with Crippen LogP contribution in [-0.2, 0) is 5.67 Å². The van der Waals surface area contributed by atoms with E-state index in [0.717, 1.165) is 6.07 Å². The summed E-state index contributed by atoms with van der Waals surface area (Å²) < 4.78 is 44.6. The molecule has 1 aromatic rings. The van der Waals surface area contributed by atoms with E-state index < -0.39 is 30.0 Å². The van der Waals surface area contributed by atoms with Crippen LogP contribution in [-0.4, -0.2) is 24.1 Å². The van der Waals surface area contributed by atoms with Crippen LogP contribution in [0, 0.1) is 0 Å². The Kier molecular flexibility index (Phi) is 2.73. The summed E-state index contributed by atoms with van der Waals surface area (Å²) in [6, 6.07) is 3.30. The molecule has 6 heteroatoms. The molecule has 0 fully saturated rings. The molecular weight excluding hydrogens is 237 g/mol. The van der Waals surface area contributed by atoms with Crippen LogP contribution in [0.5, 0.6) is 5.75 Å². The molecule has 0 bridgehead atoms. The summed E-state index contributed by atoms with van der Waals surface area (Å²) in [6.07, 6.45) is -3.70. The monoisotopic (exact) mass is 246 g/mol. The van der Waals surface area contributed by atoms with Gasteiger partial charge < -0.3 is 9.84 Å². The van der Waals surface area contributed by atoms with Gasteiger partial charge >= 0.3 is 5.97 Å². The number of benzene rings is 1. The van der Waals surface area contributed by atoms with Gasteiger partial charge in [0.05, 0.1) is 12.2 Å². The van der Waals surface area contributed by atoms with E-state index in [4.69, 9.17) is 9.84 Å². The Hall–Kier alpha value is -1.72. The number of alkyl halides is 3. The third-order valence-electron chi connectivity index (χ3n) is 2.74. The van der Waals surface area contributed by atoms with Crippen LogP contribution in [0.2, 0.25) is 0 Å². The molecule has 0 saturated carbocycles. The lowest BCUT2D eigenvalue weighted by Crippen LogP contribution is -2.35. The van der Waals surface area contributed by atoms with Gasteiger partial charge in [0.2, 0.25) is 5.67 Å². The first-order valence-corrected chi connectivity index (χ1v) is 4.93.